The van der Waals surface area contributed by atoms with Gasteiger partial charge in [0.2, 0.25) is 0 Å². The first-order chi connectivity index (χ1) is 11.3. The lowest BCUT2D eigenvalue weighted by atomic mass is 10.1. The molecule has 0 spiro atoms. The molecule has 0 aromatic heterocycles. The summed E-state index contributed by atoms with van der Waals surface area (Å²) in [5, 5.41) is 0.794. The highest BCUT2D eigenvalue weighted by atomic mass is 35.5. The van der Waals surface area contributed by atoms with E-state index in [1.807, 2.05) is 54.6 Å². The Morgan fingerprint density at radius 3 is 2.09 bits per heavy atom. The van der Waals surface area contributed by atoms with Crippen LogP contribution in [0.2, 0.25) is 5.02 Å². The topological polar surface area (TPSA) is 9.23 Å². The van der Waals surface area contributed by atoms with E-state index in [0.29, 0.717) is 5.94 Å². The molecule has 3 rings (SSSR count). The van der Waals surface area contributed by atoms with Crippen LogP contribution in [0.4, 0.5) is 0 Å². The molecule has 0 unspecified atom stereocenters. The molecule has 0 aliphatic heterocycles. The number of benzene rings is 2. The summed E-state index contributed by atoms with van der Waals surface area (Å²) < 4.78 is 5.35. The van der Waals surface area contributed by atoms with Crippen LogP contribution < -0.4 is 0 Å². The van der Waals surface area contributed by atoms with Gasteiger partial charge in [0.15, 0.2) is 0 Å². The highest BCUT2D eigenvalue weighted by Gasteiger charge is 2.01. The Kier molecular flexibility index (Phi) is 7.58. The Labute approximate surface area is 148 Å². The van der Waals surface area contributed by atoms with Gasteiger partial charge >= 0.3 is 0 Å². The van der Waals surface area contributed by atoms with Crippen molar-refractivity contribution in [2.24, 2.45) is 0 Å². The lowest BCUT2D eigenvalue weighted by Gasteiger charge is -2.01. The van der Waals surface area contributed by atoms with Gasteiger partial charge in [-0.3, -0.25) is 0 Å². The van der Waals surface area contributed by atoms with Crippen LogP contribution in [0, 0.1) is 0 Å². The number of hydrogen-bond donors (Lipinski definition) is 1. The summed E-state index contributed by atoms with van der Waals surface area (Å²) in [5.41, 5.74) is 2.47. The number of rotatable bonds is 3. The van der Waals surface area contributed by atoms with Crippen LogP contribution in [0.1, 0.15) is 12.0 Å². The second-order valence-electron chi connectivity index (χ2n) is 4.77. The first-order valence-corrected chi connectivity index (χ1v) is 8.38. The average Bonchev–Trinajstić information content (AvgIpc) is 2.83. The minimum absolute atomic E-state index is 0.414. The minimum atomic E-state index is 0.414. The molecule has 118 valence electrons. The summed E-state index contributed by atoms with van der Waals surface area (Å²) in [4.78, 5) is 0. The van der Waals surface area contributed by atoms with Crippen molar-refractivity contribution in [3.63, 3.8) is 0 Å². The van der Waals surface area contributed by atoms with Crippen molar-refractivity contribution in [3.8, 4) is 0 Å². The summed E-state index contributed by atoms with van der Waals surface area (Å²) in [6.45, 7) is 0. The Morgan fingerprint density at radius 2 is 1.52 bits per heavy atom. The quantitative estimate of drug-likeness (QED) is 0.519. The van der Waals surface area contributed by atoms with Crippen molar-refractivity contribution in [1.82, 2.24) is 0 Å². The molecule has 3 heteroatoms. The molecule has 2 aromatic rings. The average molecular weight is 343 g/mol. The van der Waals surface area contributed by atoms with Crippen LogP contribution in [-0.4, -0.2) is 5.94 Å². The first kappa shape index (κ1) is 17.5. The van der Waals surface area contributed by atoms with Crippen LogP contribution in [0.25, 0.3) is 5.57 Å². The van der Waals surface area contributed by atoms with Crippen molar-refractivity contribution in [2.75, 3.05) is 5.94 Å². The lowest BCUT2D eigenvalue weighted by Crippen LogP contribution is -1.84. The normalized spacial score (nSPS) is 13.1. The fourth-order valence-electron chi connectivity index (χ4n) is 2.05. The van der Waals surface area contributed by atoms with Crippen molar-refractivity contribution in [2.45, 2.75) is 6.42 Å². The highest BCUT2D eigenvalue weighted by Crippen LogP contribution is 2.20. The van der Waals surface area contributed by atoms with Crippen LogP contribution in [0.3, 0.4) is 0 Å². The van der Waals surface area contributed by atoms with Gasteiger partial charge in [0.1, 0.15) is 11.7 Å². The van der Waals surface area contributed by atoms with Gasteiger partial charge < -0.3 is 4.74 Å². The van der Waals surface area contributed by atoms with E-state index in [9.17, 15) is 0 Å². The molecule has 0 saturated heterocycles. The second kappa shape index (κ2) is 9.98. The Balaban J connectivity index is 0.000000229. The Hall–Kier alpha value is -1.90. The largest absolute Gasteiger partial charge is 0.484 e. The van der Waals surface area contributed by atoms with Crippen molar-refractivity contribution in [1.29, 1.82) is 0 Å². The molecule has 1 aliphatic rings. The SMILES string of the molecule is Clc1ccccc1.SCOC1=CCC=C(c2ccccc2)C=C1. The molecule has 23 heavy (non-hydrogen) atoms. The Morgan fingerprint density at radius 1 is 0.870 bits per heavy atom. The van der Waals surface area contributed by atoms with E-state index in [-0.39, 0.29) is 0 Å². The van der Waals surface area contributed by atoms with Gasteiger partial charge in [-0.1, -0.05) is 72.3 Å². The standard InChI is InChI=1S/C14H14OS.C6H5Cl/c16-11-15-14-8-4-7-13(9-10-14)12-5-2-1-3-6-12;7-6-4-2-1-3-5-6/h1-3,5-10,16H,4,11H2;1-5H. The number of hydrogen-bond acceptors (Lipinski definition) is 2. The van der Waals surface area contributed by atoms with Crippen LogP contribution in [0.5, 0.6) is 0 Å². The van der Waals surface area contributed by atoms with Gasteiger partial charge in [0.25, 0.3) is 0 Å². The molecule has 0 heterocycles. The molecule has 0 fully saturated rings. The zero-order chi connectivity index (χ0) is 16.3. The molecular formula is C20H19ClOS. The molecule has 1 nitrogen and oxygen atoms in total. The maximum atomic E-state index is 5.54. The molecule has 0 radical (unpaired) electrons. The van der Waals surface area contributed by atoms with E-state index < -0.39 is 0 Å². The van der Waals surface area contributed by atoms with E-state index >= 15 is 0 Å². The van der Waals surface area contributed by atoms with E-state index in [0.717, 1.165) is 17.2 Å². The third-order valence-corrected chi connectivity index (χ3v) is 3.54. The Bertz CT molecular complexity index is 675. The summed E-state index contributed by atoms with van der Waals surface area (Å²) in [7, 11) is 0. The maximum Gasteiger partial charge on any atom is 0.131 e. The molecule has 1 aliphatic carbocycles. The number of ether oxygens (including phenoxy) is 1. The molecule has 0 N–H and O–H groups in total. The summed E-state index contributed by atoms with van der Waals surface area (Å²) in [6, 6.07) is 19.8. The van der Waals surface area contributed by atoms with Crippen LogP contribution >= 0.6 is 24.2 Å². The second-order valence-corrected chi connectivity index (χ2v) is 5.46. The molecule has 0 bridgehead atoms. The number of allylic oxidation sites excluding steroid dienone is 5. The van der Waals surface area contributed by atoms with Crippen molar-refractivity contribution in [3.05, 3.63) is 101 Å². The fraction of sp³-hybridized carbons (Fsp3) is 0.100. The highest BCUT2D eigenvalue weighted by molar-refractivity contribution is 7.80. The smallest absolute Gasteiger partial charge is 0.131 e. The monoisotopic (exact) mass is 342 g/mol. The van der Waals surface area contributed by atoms with Crippen molar-refractivity contribution >= 4 is 29.8 Å². The van der Waals surface area contributed by atoms with E-state index in [1.165, 1.54) is 11.1 Å². The zero-order valence-electron chi connectivity index (χ0n) is 12.7. The third-order valence-electron chi connectivity index (χ3n) is 3.16. The molecule has 0 saturated carbocycles. The third kappa shape index (κ3) is 6.39. The first-order valence-electron chi connectivity index (χ1n) is 7.37. The van der Waals surface area contributed by atoms with Crippen LogP contribution in [0.15, 0.2) is 90.7 Å². The van der Waals surface area contributed by atoms with Crippen molar-refractivity contribution < 1.29 is 4.74 Å². The maximum absolute atomic E-state index is 5.54. The van der Waals surface area contributed by atoms with E-state index in [4.69, 9.17) is 16.3 Å². The fourth-order valence-corrected chi connectivity index (χ4v) is 2.35. The number of halogens is 1. The summed E-state index contributed by atoms with van der Waals surface area (Å²) in [5.74, 6) is 1.30. The minimum Gasteiger partial charge on any atom is -0.484 e. The predicted molar refractivity (Wildman–Crippen MR) is 103 cm³/mol. The lowest BCUT2D eigenvalue weighted by molar-refractivity contribution is 0.288. The number of thiol groups is 1. The van der Waals surface area contributed by atoms with E-state index in [2.05, 4.69) is 43.0 Å². The molecule has 0 atom stereocenters. The van der Waals surface area contributed by atoms with Crippen LogP contribution in [-0.2, 0) is 4.74 Å². The predicted octanol–water partition coefficient (Wildman–Crippen LogP) is 6.16. The zero-order valence-corrected chi connectivity index (χ0v) is 14.4. The summed E-state index contributed by atoms with van der Waals surface area (Å²) in [6.07, 6.45) is 9.21. The van der Waals surface area contributed by atoms with Gasteiger partial charge in [0.05, 0.1) is 0 Å². The van der Waals surface area contributed by atoms with Gasteiger partial charge in [-0.15, -0.1) is 12.6 Å². The van der Waals surface area contributed by atoms with E-state index in [1.54, 1.807) is 0 Å². The molecular weight excluding hydrogens is 324 g/mol. The van der Waals surface area contributed by atoms with Gasteiger partial charge in [0, 0.05) is 5.02 Å². The molecule has 2 aromatic carbocycles. The van der Waals surface area contributed by atoms with Gasteiger partial charge in [-0.05, 0) is 41.8 Å². The summed E-state index contributed by atoms with van der Waals surface area (Å²) >= 11 is 9.58. The van der Waals surface area contributed by atoms with Gasteiger partial charge in [-0.25, -0.2) is 0 Å². The molecule has 0 amide bonds. The van der Waals surface area contributed by atoms with Gasteiger partial charge in [-0.2, -0.15) is 0 Å².